The molecule has 0 unspecified atom stereocenters. The molecule has 7 nitrogen and oxygen atoms in total. The highest BCUT2D eigenvalue weighted by Crippen LogP contribution is 2.54. The Hall–Kier alpha value is -3.23. The lowest BCUT2D eigenvalue weighted by atomic mass is 9.82. The van der Waals surface area contributed by atoms with E-state index in [0.29, 0.717) is 36.8 Å². The first-order valence-electron chi connectivity index (χ1n) is 12.6. The summed E-state index contributed by atoms with van der Waals surface area (Å²) in [7, 11) is -1.51. The number of anilines is 1. The average Bonchev–Trinajstić information content (AvgIpc) is 3.47. The highest BCUT2D eigenvalue weighted by Gasteiger charge is 2.54. The summed E-state index contributed by atoms with van der Waals surface area (Å²) in [6, 6.07) is 0.951. The van der Waals surface area contributed by atoms with Gasteiger partial charge in [0.05, 0.1) is 19.8 Å². The number of halogens is 7. The van der Waals surface area contributed by atoms with Gasteiger partial charge in [0.1, 0.15) is 11.5 Å². The summed E-state index contributed by atoms with van der Waals surface area (Å²) in [5.74, 6) is -6.02. The van der Waals surface area contributed by atoms with Crippen LogP contribution in [0.25, 0.3) is 6.08 Å². The van der Waals surface area contributed by atoms with Crippen molar-refractivity contribution in [1.82, 2.24) is 20.3 Å². The lowest BCUT2D eigenvalue weighted by molar-refractivity contribution is -0.175. The number of nitrogens with one attached hydrogen (secondary N) is 2. The summed E-state index contributed by atoms with van der Waals surface area (Å²) in [6.07, 6.45) is -5.29. The molecule has 1 heterocycles. The van der Waals surface area contributed by atoms with E-state index in [1.165, 1.54) is 0 Å². The van der Waals surface area contributed by atoms with Gasteiger partial charge >= 0.3 is 18.3 Å². The van der Waals surface area contributed by atoms with E-state index in [9.17, 15) is 40.3 Å². The molecular weight excluding hydrogens is 563 g/mol. The van der Waals surface area contributed by atoms with Gasteiger partial charge in [-0.1, -0.05) is 30.4 Å². The Balaban J connectivity index is 1.58. The molecule has 2 aromatic rings. The summed E-state index contributed by atoms with van der Waals surface area (Å²) in [4.78, 5) is 24.7. The van der Waals surface area contributed by atoms with Crippen LogP contribution in [0.15, 0.2) is 30.0 Å². The van der Waals surface area contributed by atoms with Crippen LogP contribution >= 0.6 is 0 Å². The number of alkyl halides is 6. The number of benzene rings is 1. The fraction of sp³-hybridized carbons (Fsp3) is 0.520. The summed E-state index contributed by atoms with van der Waals surface area (Å²) < 4.78 is 93.9. The van der Waals surface area contributed by atoms with E-state index < -0.39 is 61.5 Å². The van der Waals surface area contributed by atoms with Crippen LogP contribution in [0.5, 0.6) is 0 Å². The zero-order valence-corrected chi connectivity index (χ0v) is 22.8. The SMILES string of the molecule is C[Si](C)(C)Cn1cc(/C=C2\[C@H]3CC[C@@H]2[C@H](CC(=O)Nc2ccc(F)c(C(F)(F)F)c2)[C@H]3NC(=O)C(F)(F)F)nn1. The standard InChI is InChI=1S/C25H28F7N5O2Si/c1-40(2,3)12-37-11-14(35-36-37)8-17-15-5-6-16(17)22(34-23(39)25(30,31)32)18(15)10-21(38)33-13-4-7-20(26)19(9-13)24(27,28)29/h4,7-9,11,15-16,18,22H,5-6,10,12H2,1-3H3,(H,33,38)(H,34,39)/b17-8-/t15-,16+,18-,22-/m0/s1. The van der Waals surface area contributed by atoms with Crippen LogP contribution in [-0.2, 0) is 21.9 Å². The van der Waals surface area contributed by atoms with Crippen LogP contribution in [0.1, 0.15) is 30.5 Å². The minimum atomic E-state index is -5.14. The third kappa shape index (κ3) is 6.73. The van der Waals surface area contributed by atoms with Gasteiger partial charge in [0.25, 0.3) is 0 Å². The van der Waals surface area contributed by atoms with Crippen LogP contribution in [0.4, 0.5) is 36.4 Å². The first-order chi connectivity index (χ1) is 18.4. The number of fused-ring (bicyclic) bond motifs is 2. The van der Waals surface area contributed by atoms with Crippen molar-refractivity contribution in [2.24, 2.45) is 17.8 Å². The first-order valence-corrected chi connectivity index (χ1v) is 16.3. The van der Waals surface area contributed by atoms with Crippen molar-refractivity contribution >= 4 is 31.7 Å². The normalized spacial score (nSPS) is 24.0. The summed E-state index contributed by atoms with van der Waals surface area (Å²) in [6.45, 7) is 6.47. The molecule has 0 saturated heterocycles. The second kappa shape index (κ2) is 10.6. The van der Waals surface area contributed by atoms with Gasteiger partial charge in [-0.25, -0.2) is 4.39 Å². The maximum atomic E-state index is 13.6. The predicted octanol–water partition coefficient (Wildman–Crippen LogP) is 5.43. The molecule has 2 aliphatic rings. The van der Waals surface area contributed by atoms with Crippen molar-refractivity contribution in [3.63, 3.8) is 0 Å². The van der Waals surface area contributed by atoms with Crippen molar-refractivity contribution in [2.75, 3.05) is 5.32 Å². The van der Waals surface area contributed by atoms with Crippen molar-refractivity contribution in [2.45, 2.75) is 63.5 Å². The summed E-state index contributed by atoms with van der Waals surface area (Å²) >= 11 is 0. The fourth-order valence-electron chi connectivity index (χ4n) is 5.65. The number of hydrogen-bond acceptors (Lipinski definition) is 4. The number of amides is 2. The molecule has 1 aromatic heterocycles. The molecule has 218 valence electrons. The largest absolute Gasteiger partial charge is 0.471 e. The van der Waals surface area contributed by atoms with Gasteiger partial charge in [0.2, 0.25) is 5.91 Å². The number of nitrogens with zero attached hydrogens (tertiary/aromatic N) is 3. The number of carbonyl (C=O) groups excluding carboxylic acids is 2. The minimum absolute atomic E-state index is 0.312. The number of rotatable bonds is 7. The van der Waals surface area contributed by atoms with E-state index in [1.54, 1.807) is 17.0 Å². The quantitative estimate of drug-likeness (QED) is 0.332. The Labute approximate surface area is 226 Å². The first kappa shape index (κ1) is 29.7. The van der Waals surface area contributed by atoms with Crippen LogP contribution in [0.2, 0.25) is 19.6 Å². The van der Waals surface area contributed by atoms with Gasteiger partial charge in [-0.3, -0.25) is 14.3 Å². The van der Waals surface area contributed by atoms with Crippen molar-refractivity contribution < 1.29 is 40.3 Å². The van der Waals surface area contributed by atoms with Crippen LogP contribution in [0.3, 0.4) is 0 Å². The Morgan fingerprint density at radius 3 is 2.40 bits per heavy atom. The van der Waals surface area contributed by atoms with Gasteiger partial charge in [-0.05, 0) is 49.0 Å². The molecule has 40 heavy (non-hydrogen) atoms. The van der Waals surface area contributed by atoms with Crippen LogP contribution in [0, 0.1) is 23.6 Å². The molecule has 2 saturated carbocycles. The third-order valence-corrected chi connectivity index (χ3v) is 8.37. The zero-order chi connectivity index (χ0) is 29.6. The number of carbonyl (C=O) groups is 2. The van der Waals surface area contributed by atoms with Gasteiger partial charge in [-0.2, -0.15) is 26.3 Å². The molecule has 15 heteroatoms. The Morgan fingerprint density at radius 2 is 1.77 bits per heavy atom. The Kier molecular flexibility index (Phi) is 7.91. The molecule has 0 aliphatic heterocycles. The molecule has 2 aliphatic carbocycles. The molecular formula is C25H28F7N5O2Si. The predicted molar refractivity (Wildman–Crippen MR) is 134 cm³/mol. The Morgan fingerprint density at radius 1 is 1.10 bits per heavy atom. The van der Waals surface area contributed by atoms with E-state index in [0.717, 1.165) is 11.6 Å². The van der Waals surface area contributed by atoms with Crippen molar-refractivity contribution in [3.8, 4) is 0 Å². The molecule has 4 atom stereocenters. The average molecular weight is 592 g/mol. The van der Waals surface area contributed by atoms with Crippen LogP contribution < -0.4 is 10.6 Å². The summed E-state index contributed by atoms with van der Waals surface area (Å²) in [5.41, 5.74) is -0.630. The molecule has 2 bridgehead atoms. The minimum Gasteiger partial charge on any atom is -0.345 e. The van der Waals surface area contributed by atoms with Gasteiger partial charge in [0.15, 0.2) is 0 Å². The fourth-order valence-corrected chi connectivity index (χ4v) is 6.77. The van der Waals surface area contributed by atoms with Crippen molar-refractivity contribution in [1.29, 1.82) is 0 Å². The van der Waals surface area contributed by atoms with Crippen molar-refractivity contribution in [3.05, 3.63) is 47.0 Å². The molecule has 2 fully saturated rings. The summed E-state index contributed by atoms with van der Waals surface area (Å²) in [5, 5.41) is 12.6. The zero-order valence-electron chi connectivity index (χ0n) is 21.8. The lowest BCUT2D eigenvalue weighted by Crippen LogP contribution is -2.49. The van der Waals surface area contributed by atoms with E-state index in [4.69, 9.17) is 0 Å². The van der Waals surface area contributed by atoms with E-state index in [2.05, 4.69) is 35.3 Å². The van der Waals surface area contributed by atoms with Gasteiger partial charge in [-0.15, -0.1) is 5.10 Å². The highest BCUT2D eigenvalue weighted by molar-refractivity contribution is 6.74. The second-order valence-corrected chi connectivity index (χ2v) is 16.9. The monoisotopic (exact) mass is 591 g/mol. The molecule has 4 rings (SSSR count). The maximum absolute atomic E-state index is 13.6. The van der Waals surface area contributed by atoms with Crippen LogP contribution in [-0.4, -0.2) is 47.1 Å². The highest BCUT2D eigenvalue weighted by atomic mass is 28.3. The third-order valence-electron chi connectivity index (χ3n) is 7.10. The smallest absolute Gasteiger partial charge is 0.345 e. The number of hydrogen-bond donors (Lipinski definition) is 2. The Bertz CT molecular complexity index is 1320. The maximum Gasteiger partial charge on any atom is 0.471 e. The lowest BCUT2D eigenvalue weighted by Gasteiger charge is -2.31. The molecule has 2 N–H and O–H groups in total. The van der Waals surface area contributed by atoms with Gasteiger partial charge < -0.3 is 10.6 Å². The molecule has 1 aromatic carbocycles. The second-order valence-electron chi connectivity index (χ2n) is 11.4. The molecule has 0 spiro atoms. The number of aromatic nitrogens is 3. The molecule has 0 radical (unpaired) electrons. The van der Waals surface area contributed by atoms with E-state index in [-0.39, 0.29) is 18.0 Å². The topological polar surface area (TPSA) is 88.9 Å². The van der Waals surface area contributed by atoms with Gasteiger partial charge in [0, 0.05) is 30.2 Å². The van der Waals surface area contributed by atoms with E-state index >= 15 is 0 Å². The van der Waals surface area contributed by atoms with E-state index in [1.807, 2.05) is 5.32 Å². The molecule has 2 amide bonds.